The van der Waals surface area contributed by atoms with E-state index in [2.05, 4.69) is 20.3 Å². The van der Waals surface area contributed by atoms with E-state index in [1.807, 2.05) is 0 Å². The zero-order valence-electron chi connectivity index (χ0n) is 7.98. The first-order valence-electron chi connectivity index (χ1n) is 4.23. The van der Waals surface area contributed by atoms with Gasteiger partial charge in [0.1, 0.15) is 11.5 Å². The summed E-state index contributed by atoms with van der Waals surface area (Å²) in [6.07, 6.45) is -3.61. The Morgan fingerprint density at radius 2 is 2.06 bits per heavy atom. The van der Waals surface area contributed by atoms with E-state index < -0.39 is 11.7 Å². The fourth-order valence-corrected chi connectivity index (χ4v) is 1.58. The Kier molecular flexibility index (Phi) is 2.42. The first-order chi connectivity index (χ1) is 7.43. The van der Waals surface area contributed by atoms with E-state index in [1.165, 1.54) is 7.05 Å². The van der Waals surface area contributed by atoms with Crippen LogP contribution < -0.4 is 5.32 Å². The molecule has 8 heteroatoms. The van der Waals surface area contributed by atoms with Crippen molar-refractivity contribution in [2.24, 2.45) is 0 Å². The minimum atomic E-state index is -4.46. The van der Waals surface area contributed by atoms with Crippen molar-refractivity contribution >= 4 is 28.5 Å². The van der Waals surface area contributed by atoms with Crippen LogP contribution in [0.25, 0.3) is 11.0 Å². The number of hydrogen-bond acceptors (Lipinski definition) is 3. The third kappa shape index (κ3) is 1.67. The molecule has 0 amide bonds. The quantitative estimate of drug-likeness (QED) is 0.765. The summed E-state index contributed by atoms with van der Waals surface area (Å²) in [6.45, 7) is 0. The maximum atomic E-state index is 12.6. The van der Waals surface area contributed by atoms with Gasteiger partial charge in [-0.05, 0) is 11.6 Å². The highest BCUT2D eigenvalue weighted by Crippen LogP contribution is 2.37. The van der Waals surface area contributed by atoms with Gasteiger partial charge >= 0.3 is 6.18 Å². The van der Waals surface area contributed by atoms with Gasteiger partial charge in [0.15, 0.2) is 0 Å². The Morgan fingerprint density at radius 3 is 2.62 bits per heavy atom. The largest absolute Gasteiger partial charge is 0.418 e. The molecule has 0 aliphatic rings. The molecule has 0 atom stereocenters. The van der Waals surface area contributed by atoms with E-state index in [-0.39, 0.29) is 22.1 Å². The van der Waals surface area contributed by atoms with Gasteiger partial charge in [-0.15, -0.1) is 0 Å². The molecule has 16 heavy (non-hydrogen) atoms. The zero-order valence-corrected chi connectivity index (χ0v) is 8.74. The Labute approximate surface area is 92.8 Å². The second kappa shape index (κ2) is 3.51. The molecule has 0 unspecified atom stereocenters. The van der Waals surface area contributed by atoms with Crippen LogP contribution in [0.2, 0.25) is 5.28 Å². The van der Waals surface area contributed by atoms with Crippen molar-refractivity contribution in [2.45, 2.75) is 6.18 Å². The molecule has 0 saturated heterocycles. The third-order valence-electron chi connectivity index (χ3n) is 2.05. The molecule has 2 heterocycles. The standard InChI is InChI=1S/C8H6ClF3N4/c1-13-5-4-3(8(10,11)12)2-14-6(4)16-7(9)15-5/h2H,1H3,(H2,13,14,15,16). The van der Waals surface area contributed by atoms with Gasteiger partial charge in [-0.25, -0.2) is 4.98 Å². The lowest BCUT2D eigenvalue weighted by Gasteiger charge is -2.07. The van der Waals surface area contributed by atoms with Crippen molar-refractivity contribution in [1.29, 1.82) is 0 Å². The molecule has 2 aromatic heterocycles. The highest BCUT2D eigenvalue weighted by molar-refractivity contribution is 6.28. The molecule has 2 N–H and O–H groups in total. The molecule has 0 aliphatic heterocycles. The molecule has 0 aliphatic carbocycles. The predicted molar refractivity (Wildman–Crippen MR) is 53.4 cm³/mol. The summed E-state index contributed by atoms with van der Waals surface area (Å²) in [6, 6.07) is 0. The minimum absolute atomic E-state index is 0.0450. The SMILES string of the molecule is CNc1nc(Cl)nc2[nH]cc(C(F)(F)F)c12. The molecular weight excluding hydrogens is 245 g/mol. The fourth-order valence-electron chi connectivity index (χ4n) is 1.41. The Bertz CT molecular complexity index is 534. The summed E-state index contributed by atoms with van der Waals surface area (Å²) in [5, 5.41) is 2.32. The van der Waals surface area contributed by atoms with Gasteiger partial charge in [0.05, 0.1) is 10.9 Å². The van der Waals surface area contributed by atoms with E-state index >= 15 is 0 Å². The summed E-state index contributed by atoms with van der Waals surface area (Å²) in [4.78, 5) is 9.78. The van der Waals surface area contributed by atoms with Gasteiger partial charge < -0.3 is 10.3 Å². The number of aromatic amines is 1. The number of nitrogens with zero attached hydrogens (tertiary/aromatic N) is 2. The molecule has 4 nitrogen and oxygen atoms in total. The molecule has 0 spiro atoms. The predicted octanol–water partition coefficient (Wildman–Crippen LogP) is 2.67. The normalized spacial score (nSPS) is 12.1. The number of fused-ring (bicyclic) bond motifs is 1. The maximum absolute atomic E-state index is 12.6. The zero-order chi connectivity index (χ0) is 11.9. The van der Waals surface area contributed by atoms with Crippen LogP contribution in [-0.2, 0) is 6.18 Å². The summed E-state index contributed by atoms with van der Waals surface area (Å²) >= 11 is 5.56. The lowest BCUT2D eigenvalue weighted by Crippen LogP contribution is -2.05. The average molecular weight is 251 g/mol. The van der Waals surface area contributed by atoms with Crippen LogP contribution in [0.5, 0.6) is 0 Å². The van der Waals surface area contributed by atoms with Gasteiger partial charge in [0.25, 0.3) is 0 Å². The summed E-state index contributed by atoms with van der Waals surface area (Å²) in [7, 11) is 1.46. The lowest BCUT2D eigenvalue weighted by molar-refractivity contribution is -0.136. The fraction of sp³-hybridized carbons (Fsp3) is 0.250. The van der Waals surface area contributed by atoms with Crippen LogP contribution in [0.3, 0.4) is 0 Å². The van der Waals surface area contributed by atoms with Crippen LogP contribution in [0.15, 0.2) is 6.20 Å². The number of halogens is 4. The van der Waals surface area contributed by atoms with Crippen molar-refractivity contribution in [1.82, 2.24) is 15.0 Å². The number of anilines is 1. The third-order valence-corrected chi connectivity index (χ3v) is 2.22. The van der Waals surface area contributed by atoms with Crippen molar-refractivity contribution in [3.8, 4) is 0 Å². The second-order valence-corrected chi connectivity index (χ2v) is 3.35. The summed E-state index contributed by atoms with van der Waals surface area (Å²) in [5.74, 6) is 0.0450. The summed E-state index contributed by atoms with van der Waals surface area (Å²) < 4.78 is 37.9. The molecule has 2 aromatic rings. The molecule has 0 radical (unpaired) electrons. The minimum Gasteiger partial charge on any atom is -0.372 e. The molecule has 0 aromatic carbocycles. The number of nitrogens with one attached hydrogen (secondary N) is 2. The second-order valence-electron chi connectivity index (χ2n) is 3.01. The van der Waals surface area contributed by atoms with Crippen LogP contribution in [0, 0.1) is 0 Å². The van der Waals surface area contributed by atoms with E-state index in [4.69, 9.17) is 11.6 Å². The van der Waals surface area contributed by atoms with Gasteiger partial charge in [-0.1, -0.05) is 0 Å². The molecule has 0 bridgehead atoms. The van der Waals surface area contributed by atoms with Gasteiger partial charge in [0.2, 0.25) is 5.28 Å². The molecule has 0 saturated carbocycles. The number of alkyl halides is 3. The first-order valence-corrected chi connectivity index (χ1v) is 4.61. The number of aromatic nitrogens is 3. The number of hydrogen-bond donors (Lipinski definition) is 2. The van der Waals surface area contributed by atoms with Crippen LogP contribution >= 0.6 is 11.6 Å². The Morgan fingerprint density at radius 1 is 1.38 bits per heavy atom. The number of H-pyrrole nitrogens is 1. The van der Waals surface area contributed by atoms with Crippen LogP contribution in [0.4, 0.5) is 19.0 Å². The van der Waals surface area contributed by atoms with E-state index in [0.29, 0.717) is 0 Å². The van der Waals surface area contributed by atoms with E-state index in [1.54, 1.807) is 0 Å². The molecular formula is C8H6ClF3N4. The molecule has 2 rings (SSSR count). The van der Waals surface area contributed by atoms with Gasteiger partial charge in [-0.2, -0.15) is 18.2 Å². The van der Waals surface area contributed by atoms with E-state index in [0.717, 1.165) is 6.20 Å². The average Bonchev–Trinajstić information content (AvgIpc) is 2.59. The van der Waals surface area contributed by atoms with Crippen LogP contribution in [-0.4, -0.2) is 22.0 Å². The molecule has 86 valence electrons. The highest BCUT2D eigenvalue weighted by atomic mass is 35.5. The van der Waals surface area contributed by atoms with Gasteiger partial charge in [0, 0.05) is 13.2 Å². The van der Waals surface area contributed by atoms with E-state index in [9.17, 15) is 13.2 Å². The monoisotopic (exact) mass is 250 g/mol. The number of rotatable bonds is 1. The summed E-state index contributed by atoms with van der Waals surface area (Å²) in [5.41, 5.74) is -0.764. The lowest BCUT2D eigenvalue weighted by atomic mass is 10.2. The Hall–Kier alpha value is -1.50. The molecule has 0 fully saturated rings. The highest BCUT2D eigenvalue weighted by Gasteiger charge is 2.35. The topological polar surface area (TPSA) is 53.6 Å². The van der Waals surface area contributed by atoms with Crippen LogP contribution in [0.1, 0.15) is 5.56 Å². The van der Waals surface area contributed by atoms with Crippen molar-refractivity contribution in [3.05, 3.63) is 17.0 Å². The Balaban J connectivity index is 2.80. The van der Waals surface area contributed by atoms with Crippen molar-refractivity contribution in [2.75, 3.05) is 12.4 Å². The van der Waals surface area contributed by atoms with Crippen molar-refractivity contribution < 1.29 is 13.2 Å². The smallest absolute Gasteiger partial charge is 0.372 e. The van der Waals surface area contributed by atoms with Gasteiger partial charge in [-0.3, -0.25) is 0 Å². The maximum Gasteiger partial charge on any atom is 0.418 e. The first kappa shape index (κ1) is 11.0. The van der Waals surface area contributed by atoms with Crippen molar-refractivity contribution in [3.63, 3.8) is 0 Å².